The zero-order valence-corrected chi connectivity index (χ0v) is 14.1. The third-order valence-corrected chi connectivity index (χ3v) is 3.83. The molecule has 6 nitrogen and oxygen atoms in total. The van der Waals surface area contributed by atoms with E-state index >= 15 is 0 Å². The van der Waals surface area contributed by atoms with Crippen LogP contribution in [-0.2, 0) is 0 Å². The van der Waals surface area contributed by atoms with Crippen molar-refractivity contribution in [2.24, 2.45) is 0 Å². The minimum Gasteiger partial charge on any atom is -0.508 e. The zero-order chi connectivity index (χ0) is 18.8. The second-order valence-electron chi connectivity index (χ2n) is 5.33. The third kappa shape index (κ3) is 2.83. The number of H-pyrrole nitrogens is 2. The maximum absolute atomic E-state index is 14.9. The fourth-order valence-corrected chi connectivity index (χ4v) is 2.78. The number of hydrogen-bond acceptors (Lipinski definition) is 4. The lowest BCUT2D eigenvalue weighted by molar-refractivity contribution is 0.476. The SMILES string of the molecule is CC.O=c1[nH]c(=O)c2cnc(-c3cc(O)cc4ccccc34)c(F)c2[nH]1. The monoisotopic (exact) mass is 353 g/mol. The van der Waals surface area contributed by atoms with E-state index in [9.17, 15) is 19.1 Å². The molecule has 26 heavy (non-hydrogen) atoms. The van der Waals surface area contributed by atoms with Crippen molar-refractivity contribution in [1.29, 1.82) is 0 Å². The predicted octanol–water partition coefficient (Wildman–Crippen LogP) is 3.30. The molecule has 7 heteroatoms. The molecule has 4 aromatic rings. The summed E-state index contributed by atoms with van der Waals surface area (Å²) in [5.41, 5.74) is -1.43. The second-order valence-corrected chi connectivity index (χ2v) is 5.33. The van der Waals surface area contributed by atoms with Gasteiger partial charge in [-0.05, 0) is 22.9 Å². The van der Waals surface area contributed by atoms with Crippen LogP contribution in [-0.4, -0.2) is 20.1 Å². The van der Waals surface area contributed by atoms with Crippen LogP contribution in [0.15, 0.2) is 52.2 Å². The van der Waals surface area contributed by atoms with Crippen LogP contribution in [0.25, 0.3) is 32.9 Å². The minimum atomic E-state index is -0.827. The summed E-state index contributed by atoms with van der Waals surface area (Å²) < 4.78 is 14.9. The molecule has 0 aliphatic carbocycles. The van der Waals surface area contributed by atoms with E-state index in [1.165, 1.54) is 12.3 Å². The number of aromatic amines is 2. The number of phenols is 1. The van der Waals surface area contributed by atoms with Gasteiger partial charge in [0.05, 0.1) is 10.9 Å². The Bertz CT molecular complexity index is 1230. The summed E-state index contributed by atoms with van der Waals surface area (Å²) in [4.78, 5) is 31.5. The Hall–Kier alpha value is -3.48. The van der Waals surface area contributed by atoms with Crippen molar-refractivity contribution < 1.29 is 9.50 Å². The van der Waals surface area contributed by atoms with Crippen LogP contribution in [0.3, 0.4) is 0 Å². The summed E-state index contributed by atoms with van der Waals surface area (Å²) in [6.45, 7) is 4.00. The molecular formula is C19H16FN3O3. The Balaban J connectivity index is 0.000000948. The lowest BCUT2D eigenvalue weighted by atomic mass is 10.0. The predicted molar refractivity (Wildman–Crippen MR) is 98.9 cm³/mol. The van der Waals surface area contributed by atoms with Crippen LogP contribution in [0.4, 0.5) is 4.39 Å². The molecule has 0 aliphatic rings. The van der Waals surface area contributed by atoms with Crippen LogP contribution in [0, 0.1) is 5.82 Å². The zero-order valence-electron chi connectivity index (χ0n) is 14.1. The van der Waals surface area contributed by atoms with Gasteiger partial charge < -0.3 is 10.1 Å². The van der Waals surface area contributed by atoms with Gasteiger partial charge in [0.1, 0.15) is 11.4 Å². The number of benzene rings is 2. The number of pyridine rings is 1. The Kier molecular flexibility index (Phi) is 4.53. The van der Waals surface area contributed by atoms with Crippen LogP contribution < -0.4 is 11.2 Å². The number of fused-ring (bicyclic) bond motifs is 2. The highest BCUT2D eigenvalue weighted by Crippen LogP contribution is 2.33. The van der Waals surface area contributed by atoms with E-state index in [2.05, 4.69) is 9.97 Å². The van der Waals surface area contributed by atoms with E-state index in [0.29, 0.717) is 16.3 Å². The molecule has 0 radical (unpaired) electrons. The van der Waals surface area contributed by atoms with Gasteiger partial charge in [-0.1, -0.05) is 38.1 Å². The summed E-state index contributed by atoms with van der Waals surface area (Å²) in [7, 11) is 0. The summed E-state index contributed by atoms with van der Waals surface area (Å²) in [5, 5.41) is 11.3. The first-order valence-corrected chi connectivity index (χ1v) is 8.07. The summed E-state index contributed by atoms with van der Waals surface area (Å²) >= 11 is 0. The van der Waals surface area contributed by atoms with Crippen LogP contribution in [0.5, 0.6) is 5.75 Å². The number of aromatic hydroxyl groups is 1. The lowest BCUT2D eigenvalue weighted by Gasteiger charge is -2.09. The Labute approximate surface area is 147 Å². The van der Waals surface area contributed by atoms with Crippen LogP contribution in [0.1, 0.15) is 13.8 Å². The summed E-state index contributed by atoms with van der Waals surface area (Å²) in [6.07, 6.45) is 1.20. The van der Waals surface area contributed by atoms with Crippen molar-refractivity contribution in [3.63, 3.8) is 0 Å². The van der Waals surface area contributed by atoms with E-state index in [0.717, 1.165) is 0 Å². The Morgan fingerprint density at radius 3 is 2.54 bits per heavy atom. The third-order valence-electron chi connectivity index (χ3n) is 3.83. The normalized spacial score (nSPS) is 10.6. The molecule has 0 spiro atoms. The summed E-state index contributed by atoms with van der Waals surface area (Å²) in [5.74, 6) is -0.865. The smallest absolute Gasteiger partial charge is 0.326 e. The quantitative estimate of drug-likeness (QED) is 0.489. The van der Waals surface area contributed by atoms with Crippen molar-refractivity contribution in [3.8, 4) is 17.0 Å². The molecule has 0 unspecified atom stereocenters. The standard InChI is InChI=1S/C17H10FN3O3.C2H6/c18-13-14(19-7-12-15(13)20-17(24)21-16(12)23)11-6-9(22)5-8-3-1-2-4-10(8)11;1-2/h1-7,22H,(H2,20,21,23,24);1-2H3. The fraction of sp³-hybridized carbons (Fsp3) is 0.105. The molecule has 132 valence electrons. The first kappa shape index (κ1) is 17.3. The number of nitrogens with one attached hydrogen (secondary N) is 2. The van der Waals surface area contributed by atoms with E-state index in [4.69, 9.17) is 0 Å². The Morgan fingerprint density at radius 1 is 1.04 bits per heavy atom. The van der Waals surface area contributed by atoms with Gasteiger partial charge in [0.2, 0.25) is 0 Å². The molecule has 3 N–H and O–H groups in total. The second kappa shape index (κ2) is 6.79. The number of hydrogen-bond donors (Lipinski definition) is 3. The van der Waals surface area contributed by atoms with Gasteiger partial charge >= 0.3 is 5.69 Å². The average Bonchev–Trinajstić information content (AvgIpc) is 2.63. The highest BCUT2D eigenvalue weighted by atomic mass is 19.1. The van der Waals surface area contributed by atoms with Gasteiger partial charge in [-0.25, -0.2) is 9.18 Å². The van der Waals surface area contributed by atoms with Gasteiger partial charge in [0.25, 0.3) is 5.56 Å². The number of nitrogens with zero attached hydrogens (tertiary/aromatic N) is 1. The number of rotatable bonds is 1. The van der Waals surface area contributed by atoms with Crippen molar-refractivity contribution >= 4 is 21.7 Å². The lowest BCUT2D eigenvalue weighted by Crippen LogP contribution is -2.22. The first-order chi connectivity index (χ1) is 12.5. The maximum Gasteiger partial charge on any atom is 0.326 e. The van der Waals surface area contributed by atoms with Crippen molar-refractivity contribution in [2.75, 3.05) is 0 Å². The van der Waals surface area contributed by atoms with Crippen molar-refractivity contribution in [1.82, 2.24) is 15.0 Å². The van der Waals surface area contributed by atoms with Crippen LogP contribution >= 0.6 is 0 Å². The van der Waals surface area contributed by atoms with E-state index in [1.54, 1.807) is 30.3 Å². The maximum atomic E-state index is 14.9. The average molecular weight is 353 g/mol. The molecule has 0 amide bonds. The van der Waals surface area contributed by atoms with Gasteiger partial charge in [0, 0.05) is 11.8 Å². The molecule has 0 bridgehead atoms. The van der Waals surface area contributed by atoms with Crippen molar-refractivity contribution in [3.05, 3.63) is 69.3 Å². The molecule has 0 saturated carbocycles. The molecule has 0 aliphatic heterocycles. The van der Waals surface area contributed by atoms with Gasteiger partial charge in [-0.15, -0.1) is 0 Å². The molecule has 0 saturated heterocycles. The summed E-state index contributed by atoms with van der Waals surface area (Å²) in [6, 6.07) is 10.1. The number of phenolic OH excluding ortho intramolecular Hbond substituents is 1. The number of halogens is 1. The first-order valence-electron chi connectivity index (χ1n) is 8.07. The largest absolute Gasteiger partial charge is 0.508 e. The molecule has 2 aromatic heterocycles. The molecule has 4 rings (SSSR count). The van der Waals surface area contributed by atoms with Gasteiger partial charge in [-0.3, -0.25) is 14.8 Å². The molecule has 0 fully saturated rings. The van der Waals surface area contributed by atoms with E-state index in [1.807, 2.05) is 18.8 Å². The molecule has 2 aromatic carbocycles. The molecular weight excluding hydrogens is 337 g/mol. The highest BCUT2D eigenvalue weighted by molar-refractivity contribution is 5.98. The van der Waals surface area contributed by atoms with E-state index in [-0.39, 0.29) is 22.3 Å². The van der Waals surface area contributed by atoms with Gasteiger partial charge in [0.15, 0.2) is 5.82 Å². The fourth-order valence-electron chi connectivity index (χ4n) is 2.78. The molecule has 2 heterocycles. The number of aromatic nitrogens is 3. The van der Waals surface area contributed by atoms with Crippen molar-refractivity contribution in [2.45, 2.75) is 13.8 Å². The highest BCUT2D eigenvalue weighted by Gasteiger charge is 2.16. The Morgan fingerprint density at radius 2 is 1.77 bits per heavy atom. The van der Waals surface area contributed by atoms with E-state index < -0.39 is 17.1 Å². The topological polar surface area (TPSA) is 98.8 Å². The molecule has 0 atom stereocenters. The van der Waals surface area contributed by atoms with Gasteiger partial charge in [-0.2, -0.15) is 0 Å². The minimum absolute atomic E-state index is 0.0376. The van der Waals surface area contributed by atoms with Crippen LogP contribution in [0.2, 0.25) is 0 Å².